The lowest BCUT2D eigenvalue weighted by Gasteiger charge is -2.17. The Bertz CT molecular complexity index is 1140. The Morgan fingerprint density at radius 2 is 2.00 bits per heavy atom. The summed E-state index contributed by atoms with van der Waals surface area (Å²) in [5, 5.41) is 17.8. The van der Waals surface area contributed by atoms with Gasteiger partial charge < -0.3 is 31.5 Å². The van der Waals surface area contributed by atoms with Crippen LogP contribution in [-0.4, -0.2) is 64.9 Å². The molecule has 2 heterocycles. The number of aliphatic imine (C=N–C) groups is 1. The number of nitrogens with one attached hydrogen (secondary N) is 4. The molecule has 1 aromatic carbocycles. The number of nitrogens with two attached hydrogens (primary N) is 1. The van der Waals surface area contributed by atoms with E-state index in [1.165, 1.54) is 19.2 Å². The summed E-state index contributed by atoms with van der Waals surface area (Å²) in [7, 11) is 1.20. The van der Waals surface area contributed by atoms with Crippen molar-refractivity contribution >= 4 is 46.7 Å². The summed E-state index contributed by atoms with van der Waals surface area (Å²) in [5.41, 5.74) is 6.83. The van der Waals surface area contributed by atoms with E-state index in [1.807, 2.05) is 0 Å². The first-order valence-electron chi connectivity index (χ1n) is 9.91. The summed E-state index contributed by atoms with van der Waals surface area (Å²) < 4.78 is 4.49. The van der Waals surface area contributed by atoms with Crippen LogP contribution in [0, 0.1) is 0 Å². The molecular weight excluding hydrogens is 434 g/mol. The van der Waals surface area contributed by atoms with E-state index < -0.39 is 29.4 Å². The molecule has 1 aliphatic rings. The van der Waals surface area contributed by atoms with Crippen LogP contribution in [0.1, 0.15) is 23.2 Å². The van der Waals surface area contributed by atoms with Gasteiger partial charge in [-0.15, -0.1) is 0 Å². The van der Waals surface area contributed by atoms with Gasteiger partial charge in [0.15, 0.2) is 11.5 Å². The second-order valence-electron chi connectivity index (χ2n) is 7.09. The molecule has 7 N–H and O–H groups in total. The highest BCUT2D eigenvalue weighted by atomic mass is 16.5. The van der Waals surface area contributed by atoms with E-state index in [4.69, 9.17) is 5.73 Å². The fourth-order valence-electron chi connectivity index (χ4n) is 3.00. The molecule has 174 valence electrons. The third-order valence-corrected chi connectivity index (χ3v) is 4.75. The predicted molar refractivity (Wildman–Crippen MR) is 120 cm³/mol. The monoisotopic (exact) mass is 457 g/mol. The maximum Gasteiger partial charge on any atom is 0.326 e. The number of carboxylic acid groups (broad SMARTS) is 1. The number of nitrogens with zero attached hydrogens (tertiary/aromatic N) is 2. The fourth-order valence-corrected chi connectivity index (χ4v) is 3.00. The molecule has 1 atom stereocenters. The Morgan fingerprint density at radius 3 is 2.67 bits per heavy atom. The standard InChI is InChI=1S/C20H23N7O6/c1-33-14(28)7-6-13(19(31)32)25-17(29)10-2-4-11(5-3-10)22-8-12-9-23-16-15(24-12)18(30)27-20(21)26-16/h2-5,13,22H,6-9H2,1H3,(H,25,29)(H,31,32)(H4,21,23,26,27,30)/t13-/m0/s1. The number of rotatable bonds is 9. The molecule has 1 aliphatic heterocycles. The van der Waals surface area contributed by atoms with Crippen molar-refractivity contribution in [2.75, 3.05) is 36.6 Å². The maximum absolute atomic E-state index is 12.4. The molecule has 33 heavy (non-hydrogen) atoms. The van der Waals surface area contributed by atoms with Gasteiger partial charge in [0.2, 0.25) is 5.95 Å². The molecule has 0 aliphatic carbocycles. The van der Waals surface area contributed by atoms with Crippen molar-refractivity contribution in [1.29, 1.82) is 0 Å². The number of nitrogen functional groups attached to an aromatic ring is 1. The highest BCUT2D eigenvalue weighted by Crippen LogP contribution is 2.21. The normalized spacial score (nSPS) is 13.1. The van der Waals surface area contributed by atoms with E-state index in [0.29, 0.717) is 30.3 Å². The molecule has 0 saturated carbocycles. The Morgan fingerprint density at radius 1 is 1.27 bits per heavy atom. The van der Waals surface area contributed by atoms with Crippen LogP contribution in [0.2, 0.25) is 0 Å². The molecule has 2 aromatic rings. The molecule has 0 spiro atoms. The Hall–Kier alpha value is -4.42. The molecule has 13 nitrogen and oxygen atoms in total. The van der Waals surface area contributed by atoms with Crippen LogP contribution in [0.25, 0.3) is 0 Å². The number of aromatic amines is 1. The van der Waals surface area contributed by atoms with E-state index in [-0.39, 0.29) is 30.0 Å². The second-order valence-corrected chi connectivity index (χ2v) is 7.09. The van der Waals surface area contributed by atoms with Gasteiger partial charge in [-0.2, -0.15) is 4.98 Å². The maximum atomic E-state index is 12.4. The zero-order valence-corrected chi connectivity index (χ0v) is 17.7. The highest BCUT2D eigenvalue weighted by molar-refractivity contribution is 5.98. The number of anilines is 3. The van der Waals surface area contributed by atoms with Crippen LogP contribution in [0.5, 0.6) is 0 Å². The number of H-pyrrole nitrogens is 1. The minimum Gasteiger partial charge on any atom is -0.480 e. The number of aromatic nitrogens is 2. The lowest BCUT2D eigenvalue weighted by atomic mass is 10.1. The third-order valence-electron chi connectivity index (χ3n) is 4.75. The number of hydrogen-bond acceptors (Lipinski definition) is 10. The Labute approximate surface area is 187 Å². The first kappa shape index (κ1) is 23.2. The predicted octanol–water partition coefficient (Wildman–Crippen LogP) is 0.0984. The van der Waals surface area contributed by atoms with Crippen LogP contribution in [0.3, 0.4) is 0 Å². The average Bonchev–Trinajstić information content (AvgIpc) is 2.80. The topological polar surface area (TPSA) is 201 Å². The number of methoxy groups -OCH3 is 1. The largest absolute Gasteiger partial charge is 0.480 e. The SMILES string of the molecule is COC(=O)CC[C@H](NC(=O)c1ccc(NCC2=Nc3c(nc(N)[nH]c3=O)NC2)cc1)C(=O)O. The molecule has 0 fully saturated rings. The summed E-state index contributed by atoms with van der Waals surface area (Å²) in [6, 6.07) is 5.15. The van der Waals surface area contributed by atoms with Gasteiger partial charge in [-0.05, 0) is 30.7 Å². The van der Waals surface area contributed by atoms with Crippen LogP contribution in [0.4, 0.5) is 23.1 Å². The first-order valence-corrected chi connectivity index (χ1v) is 9.91. The van der Waals surface area contributed by atoms with E-state index >= 15 is 0 Å². The summed E-state index contributed by atoms with van der Waals surface area (Å²) in [6.07, 6.45) is -0.216. The van der Waals surface area contributed by atoms with Gasteiger partial charge >= 0.3 is 11.9 Å². The van der Waals surface area contributed by atoms with Crippen LogP contribution in [0.15, 0.2) is 34.1 Å². The Balaban J connectivity index is 1.58. The van der Waals surface area contributed by atoms with Crippen molar-refractivity contribution in [1.82, 2.24) is 15.3 Å². The minimum absolute atomic E-state index is 0.00490. The number of carbonyl (C=O) groups excluding carboxylic acids is 2. The molecule has 1 amide bonds. The van der Waals surface area contributed by atoms with Crippen molar-refractivity contribution in [2.24, 2.45) is 4.99 Å². The molecular formula is C20H23N7O6. The van der Waals surface area contributed by atoms with Gasteiger partial charge in [0.1, 0.15) is 6.04 Å². The van der Waals surface area contributed by atoms with Crippen LogP contribution in [-0.2, 0) is 14.3 Å². The van der Waals surface area contributed by atoms with Gasteiger partial charge in [-0.1, -0.05) is 0 Å². The fraction of sp³-hybridized carbons (Fsp3) is 0.300. The van der Waals surface area contributed by atoms with Crippen molar-refractivity contribution in [3.8, 4) is 0 Å². The molecule has 1 aromatic heterocycles. The summed E-state index contributed by atoms with van der Waals surface area (Å²) >= 11 is 0. The lowest BCUT2D eigenvalue weighted by molar-refractivity contribution is -0.142. The van der Waals surface area contributed by atoms with Crippen molar-refractivity contribution in [3.05, 3.63) is 40.2 Å². The van der Waals surface area contributed by atoms with Crippen LogP contribution < -0.4 is 27.2 Å². The van der Waals surface area contributed by atoms with Gasteiger partial charge in [0.25, 0.3) is 11.5 Å². The highest BCUT2D eigenvalue weighted by Gasteiger charge is 2.22. The summed E-state index contributed by atoms with van der Waals surface area (Å²) in [4.78, 5) is 57.6. The average molecular weight is 457 g/mol. The van der Waals surface area contributed by atoms with Gasteiger partial charge in [-0.25, -0.2) is 9.79 Å². The molecule has 0 radical (unpaired) electrons. The number of benzene rings is 1. The lowest BCUT2D eigenvalue weighted by Crippen LogP contribution is -2.41. The molecule has 0 bridgehead atoms. The quantitative estimate of drug-likeness (QED) is 0.280. The van der Waals surface area contributed by atoms with Gasteiger partial charge in [0, 0.05) is 17.7 Å². The van der Waals surface area contributed by atoms with Crippen molar-refractivity contribution in [3.63, 3.8) is 0 Å². The molecule has 3 rings (SSSR count). The molecule has 0 saturated heterocycles. The summed E-state index contributed by atoms with van der Waals surface area (Å²) in [5.74, 6) is -2.06. The second kappa shape index (κ2) is 10.3. The number of amides is 1. The van der Waals surface area contributed by atoms with Crippen molar-refractivity contribution < 1.29 is 24.2 Å². The number of aliphatic carboxylic acids is 1. The van der Waals surface area contributed by atoms with Crippen LogP contribution >= 0.6 is 0 Å². The van der Waals surface area contributed by atoms with Gasteiger partial charge in [-0.3, -0.25) is 19.4 Å². The third kappa shape index (κ3) is 6.06. The number of carbonyl (C=O) groups is 3. The molecule has 13 heteroatoms. The summed E-state index contributed by atoms with van der Waals surface area (Å²) in [6.45, 7) is 0.703. The molecule has 0 unspecified atom stereocenters. The zero-order valence-electron chi connectivity index (χ0n) is 17.7. The Kier molecular flexibility index (Phi) is 7.23. The first-order chi connectivity index (χ1) is 15.8. The smallest absolute Gasteiger partial charge is 0.326 e. The number of esters is 1. The minimum atomic E-state index is -1.24. The number of ether oxygens (including phenoxy) is 1. The zero-order chi connectivity index (χ0) is 24.0. The van der Waals surface area contributed by atoms with E-state index in [2.05, 4.69) is 35.6 Å². The van der Waals surface area contributed by atoms with E-state index in [9.17, 15) is 24.3 Å². The van der Waals surface area contributed by atoms with Crippen molar-refractivity contribution in [2.45, 2.75) is 18.9 Å². The number of carboxylic acids is 1. The van der Waals surface area contributed by atoms with Gasteiger partial charge in [0.05, 0.1) is 25.9 Å². The van der Waals surface area contributed by atoms with E-state index in [1.54, 1.807) is 12.1 Å². The number of fused-ring (bicyclic) bond motifs is 1. The number of hydrogen-bond donors (Lipinski definition) is 6. The van der Waals surface area contributed by atoms with E-state index in [0.717, 1.165) is 0 Å².